The second kappa shape index (κ2) is 8.67. The fraction of sp³-hybridized carbons (Fsp3) is 0.263. The molecule has 26 heavy (non-hydrogen) atoms. The summed E-state index contributed by atoms with van der Waals surface area (Å²) in [7, 11) is 1.52. The number of halogens is 2. The predicted octanol–water partition coefficient (Wildman–Crippen LogP) is 3.91. The Bertz CT molecular complexity index is 825. The third kappa shape index (κ3) is 5.20. The highest BCUT2D eigenvalue weighted by Crippen LogP contribution is 2.21. The molecule has 1 amide bonds. The molecule has 1 N–H and O–H groups in total. The van der Waals surface area contributed by atoms with Crippen LogP contribution in [0.3, 0.4) is 0 Å². The Kier molecular flexibility index (Phi) is 6.58. The molecule has 2 aromatic rings. The Hall–Kier alpha value is -2.60. The lowest BCUT2D eigenvalue weighted by Crippen LogP contribution is -2.30. The number of methoxy groups -OCH3 is 1. The molecular formula is C19H19ClFNO4. The zero-order chi connectivity index (χ0) is 19.3. The molecule has 138 valence electrons. The van der Waals surface area contributed by atoms with E-state index in [0.717, 1.165) is 11.6 Å². The minimum Gasteiger partial charge on any atom is -0.496 e. The minimum absolute atomic E-state index is 0.0230. The van der Waals surface area contributed by atoms with Gasteiger partial charge in [0.25, 0.3) is 5.91 Å². The molecule has 0 unspecified atom stereocenters. The van der Waals surface area contributed by atoms with Gasteiger partial charge in [-0.3, -0.25) is 9.59 Å². The molecule has 0 saturated carbocycles. The van der Waals surface area contributed by atoms with Gasteiger partial charge in [-0.1, -0.05) is 29.3 Å². The van der Waals surface area contributed by atoms with Crippen molar-refractivity contribution in [2.75, 3.05) is 12.4 Å². The smallest absolute Gasteiger partial charge is 0.311 e. The van der Waals surface area contributed by atoms with Crippen LogP contribution >= 0.6 is 11.6 Å². The van der Waals surface area contributed by atoms with Crippen molar-refractivity contribution in [1.29, 1.82) is 0 Å². The van der Waals surface area contributed by atoms with Crippen molar-refractivity contribution in [3.05, 3.63) is 58.4 Å². The number of benzene rings is 2. The van der Waals surface area contributed by atoms with E-state index >= 15 is 0 Å². The number of anilines is 1. The van der Waals surface area contributed by atoms with Crippen molar-refractivity contribution in [2.24, 2.45) is 0 Å². The summed E-state index contributed by atoms with van der Waals surface area (Å²) in [6.07, 6.45) is -1.05. The van der Waals surface area contributed by atoms with E-state index in [-0.39, 0.29) is 11.4 Å². The Labute approximate surface area is 156 Å². The van der Waals surface area contributed by atoms with Gasteiger partial charge >= 0.3 is 5.97 Å². The molecule has 0 radical (unpaired) electrons. The van der Waals surface area contributed by atoms with E-state index in [1.165, 1.54) is 26.2 Å². The first-order valence-corrected chi connectivity index (χ1v) is 8.27. The van der Waals surface area contributed by atoms with E-state index in [1.807, 2.05) is 19.1 Å². The van der Waals surface area contributed by atoms with Crippen LogP contribution in [0.1, 0.15) is 18.1 Å². The molecule has 7 heteroatoms. The first kappa shape index (κ1) is 19.7. The maximum absolute atomic E-state index is 13.1. The highest BCUT2D eigenvalue weighted by atomic mass is 35.5. The van der Waals surface area contributed by atoms with Crippen molar-refractivity contribution < 1.29 is 23.5 Å². The summed E-state index contributed by atoms with van der Waals surface area (Å²) in [5.41, 5.74) is 1.97. The molecule has 0 heterocycles. The predicted molar refractivity (Wildman–Crippen MR) is 97.0 cm³/mol. The first-order valence-electron chi connectivity index (χ1n) is 7.89. The highest BCUT2D eigenvalue weighted by Gasteiger charge is 2.19. The van der Waals surface area contributed by atoms with Crippen molar-refractivity contribution in [1.82, 2.24) is 0 Å². The van der Waals surface area contributed by atoms with Gasteiger partial charge in [-0.2, -0.15) is 0 Å². The number of hydrogen-bond acceptors (Lipinski definition) is 4. The van der Waals surface area contributed by atoms with Gasteiger partial charge in [0.2, 0.25) is 0 Å². The monoisotopic (exact) mass is 379 g/mol. The number of carbonyl (C=O) groups excluding carboxylic acids is 2. The van der Waals surface area contributed by atoms with Gasteiger partial charge in [0, 0.05) is 11.3 Å². The fourth-order valence-corrected chi connectivity index (χ4v) is 2.49. The number of hydrogen-bond donors (Lipinski definition) is 1. The van der Waals surface area contributed by atoms with E-state index < -0.39 is 23.8 Å². The zero-order valence-electron chi connectivity index (χ0n) is 14.6. The van der Waals surface area contributed by atoms with Gasteiger partial charge in [0.05, 0.1) is 18.6 Å². The van der Waals surface area contributed by atoms with E-state index in [4.69, 9.17) is 21.1 Å². The number of carbonyl (C=O) groups is 2. The van der Waals surface area contributed by atoms with E-state index in [2.05, 4.69) is 5.32 Å². The largest absolute Gasteiger partial charge is 0.496 e. The Morgan fingerprint density at radius 2 is 1.96 bits per heavy atom. The van der Waals surface area contributed by atoms with Gasteiger partial charge in [-0.15, -0.1) is 0 Å². The molecule has 0 aromatic heterocycles. The number of esters is 1. The fourth-order valence-electron chi connectivity index (χ4n) is 2.31. The van der Waals surface area contributed by atoms with Crippen molar-refractivity contribution in [3.8, 4) is 5.75 Å². The van der Waals surface area contributed by atoms with Crippen LogP contribution < -0.4 is 10.1 Å². The third-order valence-electron chi connectivity index (χ3n) is 3.64. The van der Waals surface area contributed by atoms with Gasteiger partial charge in [0.15, 0.2) is 6.10 Å². The van der Waals surface area contributed by atoms with Crippen LogP contribution in [0.2, 0.25) is 5.02 Å². The molecule has 0 aliphatic heterocycles. The van der Waals surface area contributed by atoms with Gasteiger partial charge in [0.1, 0.15) is 11.6 Å². The molecular weight excluding hydrogens is 361 g/mol. The quantitative estimate of drug-likeness (QED) is 0.773. The summed E-state index contributed by atoms with van der Waals surface area (Å²) in [6.45, 7) is 3.35. The van der Waals surface area contributed by atoms with Crippen LogP contribution in [0.4, 0.5) is 10.1 Å². The van der Waals surface area contributed by atoms with Gasteiger partial charge < -0.3 is 14.8 Å². The average Bonchev–Trinajstić information content (AvgIpc) is 2.58. The van der Waals surface area contributed by atoms with Crippen molar-refractivity contribution >= 4 is 29.2 Å². The van der Waals surface area contributed by atoms with Crippen LogP contribution in [0, 0.1) is 12.7 Å². The summed E-state index contributed by atoms with van der Waals surface area (Å²) in [4.78, 5) is 24.3. The number of amides is 1. The van der Waals surface area contributed by atoms with Crippen molar-refractivity contribution in [3.63, 3.8) is 0 Å². The average molecular weight is 380 g/mol. The van der Waals surface area contributed by atoms with E-state index in [0.29, 0.717) is 17.0 Å². The molecule has 2 rings (SSSR count). The maximum atomic E-state index is 13.1. The Morgan fingerprint density at radius 1 is 1.23 bits per heavy atom. The Morgan fingerprint density at radius 3 is 2.62 bits per heavy atom. The Balaban J connectivity index is 1.96. The molecule has 0 saturated heterocycles. The normalized spacial score (nSPS) is 11.6. The maximum Gasteiger partial charge on any atom is 0.311 e. The summed E-state index contributed by atoms with van der Waals surface area (Å²) >= 11 is 5.67. The molecule has 0 fully saturated rings. The van der Waals surface area contributed by atoms with Crippen LogP contribution in [0.25, 0.3) is 0 Å². The topological polar surface area (TPSA) is 64.6 Å². The van der Waals surface area contributed by atoms with Gasteiger partial charge in [-0.25, -0.2) is 4.39 Å². The lowest BCUT2D eigenvalue weighted by atomic mass is 10.1. The number of rotatable bonds is 6. The van der Waals surface area contributed by atoms with Crippen LogP contribution in [-0.2, 0) is 20.7 Å². The molecule has 0 spiro atoms. The second-order valence-corrected chi connectivity index (χ2v) is 6.15. The van der Waals surface area contributed by atoms with E-state index in [9.17, 15) is 14.0 Å². The minimum atomic E-state index is -1.03. The molecule has 5 nitrogen and oxygen atoms in total. The molecule has 1 atom stereocenters. The lowest BCUT2D eigenvalue weighted by molar-refractivity contribution is -0.152. The first-order chi connectivity index (χ1) is 12.3. The second-order valence-electron chi connectivity index (χ2n) is 5.74. The number of nitrogens with one attached hydrogen (secondary N) is 1. The number of aryl methyl sites for hydroxylation is 1. The molecule has 2 aromatic carbocycles. The summed E-state index contributed by atoms with van der Waals surface area (Å²) in [6, 6.07) is 9.25. The van der Waals surface area contributed by atoms with Crippen LogP contribution in [0.5, 0.6) is 5.75 Å². The van der Waals surface area contributed by atoms with Crippen LogP contribution in [-0.4, -0.2) is 25.1 Å². The molecule has 0 aliphatic carbocycles. The molecule has 0 aliphatic rings. The van der Waals surface area contributed by atoms with Crippen molar-refractivity contribution in [2.45, 2.75) is 26.4 Å². The SMILES string of the molecule is COc1ccc(C)cc1CC(=O)O[C@@H](C)C(=O)Nc1ccc(F)c(Cl)c1. The third-order valence-corrected chi connectivity index (χ3v) is 3.92. The highest BCUT2D eigenvalue weighted by molar-refractivity contribution is 6.31. The summed E-state index contributed by atoms with van der Waals surface area (Å²) < 4.78 is 23.5. The lowest BCUT2D eigenvalue weighted by Gasteiger charge is -2.15. The summed E-state index contributed by atoms with van der Waals surface area (Å²) in [5, 5.41) is 2.41. The standard InChI is InChI=1S/C19H19ClFNO4/c1-11-4-7-17(25-3)13(8-11)9-18(23)26-12(2)19(24)22-14-5-6-16(21)15(20)10-14/h4-8,10,12H,9H2,1-3H3,(H,22,24)/t12-/m0/s1. The van der Waals surface area contributed by atoms with Gasteiger partial charge in [-0.05, 0) is 38.1 Å². The molecule has 0 bridgehead atoms. The van der Waals surface area contributed by atoms with Crippen LogP contribution in [0.15, 0.2) is 36.4 Å². The zero-order valence-corrected chi connectivity index (χ0v) is 15.4. The summed E-state index contributed by atoms with van der Waals surface area (Å²) in [5.74, 6) is -1.12. The van der Waals surface area contributed by atoms with E-state index in [1.54, 1.807) is 6.07 Å². The number of ether oxygens (including phenoxy) is 2.